The van der Waals surface area contributed by atoms with E-state index in [0.29, 0.717) is 42.8 Å². The number of ether oxygens (including phenoxy) is 2. The minimum absolute atomic E-state index is 0.00412. The summed E-state index contributed by atoms with van der Waals surface area (Å²) in [4.78, 5) is 18.0. The van der Waals surface area contributed by atoms with Crippen LogP contribution in [0.1, 0.15) is 37.4 Å². The molecule has 0 spiro atoms. The molecule has 2 fully saturated rings. The van der Waals surface area contributed by atoms with E-state index in [0.717, 1.165) is 56.6 Å². The lowest BCUT2D eigenvalue weighted by atomic mass is 9.95. The van der Waals surface area contributed by atoms with Crippen LogP contribution in [0.3, 0.4) is 0 Å². The van der Waals surface area contributed by atoms with Crippen LogP contribution in [0.5, 0.6) is 11.5 Å². The SMILES string of the molecule is O=C(N[C@H](CN1CCCC1)[C@H](O)c1ccc2c(c1)OCCO2)C1CCCN(c2ccc(Cl)cc2)C1. The van der Waals surface area contributed by atoms with Crippen LogP contribution in [0.25, 0.3) is 0 Å². The maximum Gasteiger partial charge on any atom is 0.225 e. The van der Waals surface area contributed by atoms with Crippen molar-refractivity contribution in [3.8, 4) is 11.5 Å². The van der Waals surface area contributed by atoms with E-state index < -0.39 is 12.1 Å². The lowest BCUT2D eigenvalue weighted by Crippen LogP contribution is -2.51. The molecule has 2 N–H and O–H groups in total. The number of nitrogens with zero attached hydrogens (tertiary/aromatic N) is 2. The molecule has 0 saturated carbocycles. The van der Waals surface area contributed by atoms with Crippen molar-refractivity contribution in [3.63, 3.8) is 0 Å². The number of anilines is 1. The number of aliphatic hydroxyl groups is 1. The molecule has 3 atom stereocenters. The fourth-order valence-corrected chi connectivity index (χ4v) is 5.45. The third-order valence-corrected chi connectivity index (χ3v) is 7.51. The molecule has 3 aliphatic rings. The molecule has 1 amide bonds. The normalized spacial score (nSPS) is 22.0. The van der Waals surface area contributed by atoms with E-state index in [1.54, 1.807) is 0 Å². The van der Waals surface area contributed by atoms with Crippen LogP contribution in [0.15, 0.2) is 42.5 Å². The Morgan fingerprint density at radius 3 is 2.54 bits per heavy atom. The summed E-state index contributed by atoms with van der Waals surface area (Å²) in [6.07, 6.45) is 3.25. The highest BCUT2D eigenvalue weighted by Crippen LogP contribution is 2.34. The van der Waals surface area contributed by atoms with Crippen LogP contribution in [-0.4, -0.2) is 67.9 Å². The van der Waals surface area contributed by atoms with E-state index >= 15 is 0 Å². The molecular weight excluding hydrogens is 466 g/mol. The van der Waals surface area contributed by atoms with Gasteiger partial charge in [0.05, 0.1) is 12.0 Å². The van der Waals surface area contributed by atoms with Gasteiger partial charge in [0, 0.05) is 30.3 Å². The van der Waals surface area contributed by atoms with E-state index in [-0.39, 0.29) is 11.8 Å². The average molecular weight is 500 g/mol. The van der Waals surface area contributed by atoms with Gasteiger partial charge in [0.2, 0.25) is 5.91 Å². The Labute approximate surface area is 212 Å². The quantitative estimate of drug-likeness (QED) is 0.606. The maximum atomic E-state index is 13.4. The second-order valence-corrected chi connectivity index (χ2v) is 10.2. The monoisotopic (exact) mass is 499 g/mol. The number of rotatable bonds is 7. The van der Waals surface area contributed by atoms with E-state index in [9.17, 15) is 9.90 Å². The summed E-state index contributed by atoms with van der Waals surface area (Å²) in [5, 5.41) is 15.3. The number of carbonyl (C=O) groups excluding carboxylic acids is 1. The minimum Gasteiger partial charge on any atom is -0.486 e. The smallest absolute Gasteiger partial charge is 0.225 e. The fraction of sp³-hybridized carbons (Fsp3) is 0.519. The predicted octanol–water partition coefficient (Wildman–Crippen LogP) is 3.64. The van der Waals surface area contributed by atoms with Crippen LogP contribution >= 0.6 is 11.6 Å². The summed E-state index contributed by atoms with van der Waals surface area (Å²) in [6.45, 7) is 5.20. The first-order valence-corrected chi connectivity index (χ1v) is 13.1. The lowest BCUT2D eigenvalue weighted by Gasteiger charge is -2.35. The molecule has 3 heterocycles. The number of hydrogen-bond donors (Lipinski definition) is 2. The summed E-state index contributed by atoms with van der Waals surface area (Å²) in [7, 11) is 0. The molecule has 8 heteroatoms. The minimum atomic E-state index is -0.841. The van der Waals surface area contributed by atoms with Gasteiger partial charge in [0.15, 0.2) is 11.5 Å². The van der Waals surface area contributed by atoms with Crippen LogP contribution in [0, 0.1) is 5.92 Å². The molecule has 2 saturated heterocycles. The van der Waals surface area contributed by atoms with Crippen LogP contribution in [0.2, 0.25) is 5.02 Å². The number of hydrogen-bond acceptors (Lipinski definition) is 6. The number of benzene rings is 2. The van der Waals surface area contributed by atoms with Gasteiger partial charge in [-0.05, 0) is 80.7 Å². The Hall–Kier alpha value is -2.48. The van der Waals surface area contributed by atoms with Crippen molar-refractivity contribution < 1.29 is 19.4 Å². The number of carbonyl (C=O) groups is 1. The van der Waals surface area contributed by atoms with Crippen LogP contribution in [-0.2, 0) is 4.79 Å². The summed E-state index contributed by atoms with van der Waals surface area (Å²) in [6, 6.07) is 12.9. The lowest BCUT2D eigenvalue weighted by molar-refractivity contribution is -0.127. The maximum absolute atomic E-state index is 13.4. The van der Waals surface area contributed by atoms with Gasteiger partial charge in [0.1, 0.15) is 19.3 Å². The molecule has 5 rings (SSSR count). The van der Waals surface area contributed by atoms with E-state index in [2.05, 4.69) is 15.1 Å². The van der Waals surface area contributed by atoms with E-state index in [4.69, 9.17) is 21.1 Å². The first-order valence-electron chi connectivity index (χ1n) is 12.7. The topological polar surface area (TPSA) is 74.3 Å². The Balaban J connectivity index is 1.29. The van der Waals surface area contributed by atoms with Gasteiger partial charge < -0.3 is 29.7 Å². The van der Waals surface area contributed by atoms with Crippen molar-refractivity contribution in [2.24, 2.45) is 5.92 Å². The summed E-state index contributed by atoms with van der Waals surface area (Å²) >= 11 is 6.05. The number of aliphatic hydroxyl groups excluding tert-OH is 1. The Morgan fingerprint density at radius 1 is 1.03 bits per heavy atom. The Kier molecular flexibility index (Phi) is 7.66. The number of halogens is 1. The highest BCUT2D eigenvalue weighted by molar-refractivity contribution is 6.30. The molecule has 3 aliphatic heterocycles. The predicted molar refractivity (Wildman–Crippen MR) is 136 cm³/mol. The number of piperidine rings is 1. The highest BCUT2D eigenvalue weighted by atomic mass is 35.5. The van der Waals surface area contributed by atoms with E-state index in [1.807, 2.05) is 42.5 Å². The zero-order valence-electron chi connectivity index (χ0n) is 20.0. The number of likely N-dealkylation sites (tertiary alicyclic amines) is 1. The molecule has 188 valence electrons. The van der Waals surface area contributed by atoms with Crippen molar-refractivity contribution in [2.75, 3.05) is 50.8 Å². The fourth-order valence-electron chi connectivity index (χ4n) is 5.32. The zero-order valence-corrected chi connectivity index (χ0v) is 20.8. The standard InChI is InChI=1S/C27H34ClN3O4/c28-21-6-8-22(9-7-21)31-13-3-4-20(17-31)27(33)29-23(18-30-11-1-2-12-30)26(32)19-5-10-24-25(16-19)35-15-14-34-24/h5-10,16,20,23,26,32H,1-4,11-15,17-18H2,(H,29,33)/t20?,23-,26-/m1/s1. The molecule has 0 bridgehead atoms. The van der Waals surface area contributed by atoms with Crippen molar-refractivity contribution in [2.45, 2.75) is 37.8 Å². The van der Waals surface area contributed by atoms with Gasteiger partial charge in [0.25, 0.3) is 0 Å². The molecule has 1 unspecified atom stereocenters. The van der Waals surface area contributed by atoms with Gasteiger partial charge in [-0.1, -0.05) is 17.7 Å². The Morgan fingerprint density at radius 2 is 1.77 bits per heavy atom. The van der Waals surface area contributed by atoms with Crippen molar-refractivity contribution in [1.29, 1.82) is 0 Å². The number of fused-ring (bicyclic) bond motifs is 1. The van der Waals surface area contributed by atoms with Crippen molar-refractivity contribution >= 4 is 23.2 Å². The van der Waals surface area contributed by atoms with E-state index in [1.165, 1.54) is 0 Å². The average Bonchev–Trinajstić information content (AvgIpc) is 3.41. The number of nitrogens with one attached hydrogen (secondary N) is 1. The second-order valence-electron chi connectivity index (χ2n) is 9.73. The molecule has 7 nitrogen and oxygen atoms in total. The Bertz CT molecular complexity index is 1010. The number of amides is 1. The van der Waals surface area contributed by atoms with Gasteiger partial charge in [-0.25, -0.2) is 0 Å². The summed E-state index contributed by atoms with van der Waals surface area (Å²) < 4.78 is 11.3. The summed E-state index contributed by atoms with van der Waals surface area (Å²) in [5.41, 5.74) is 1.81. The summed E-state index contributed by atoms with van der Waals surface area (Å²) in [5.74, 6) is 1.21. The largest absolute Gasteiger partial charge is 0.486 e. The van der Waals surface area contributed by atoms with Crippen LogP contribution in [0.4, 0.5) is 5.69 Å². The first-order chi connectivity index (χ1) is 17.1. The zero-order chi connectivity index (χ0) is 24.2. The van der Waals surface area contributed by atoms with Gasteiger partial charge in [-0.2, -0.15) is 0 Å². The van der Waals surface area contributed by atoms with Crippen molar-refractivity contribution in [3.05, 3.63) is 53.1 Å². The molecule has 0 radical (unpaired) electrons. The molecule has 2 aromatic rings. The second kappa shape index (κ2) is 11.1. The molecule has 35 heavy (non-hydrogen) atoms. The van der Waals surface area contributed by atoms with Crippen LogP contribution < -0.4 is 19.7 Å². The first kappa shape index (κ1) is 24.2. The molecule has 0 aliphatic carbocycles. The molecular formula is C27H34ClN3O4. The van der Waals surface area contributed by atoms with Gasteiger partial charge >= 0.3 is 0 Å². The highest BCUT2D eigenvalue weighted by Gasteiger charge is 2.32. The molecule has 2 aromatic carbocycles. The molecule has 0 aromatic heterocycles. The third kappa shape index (κ3) is 5.85. The van der Waals surface area contributed by atoms with Gasteiger partial charge in [-0.15, -0.1) is 0 Å². The van der Waals surface area contributed by atoms with Gasteiger partial charge in [-0.3, -0.25) is 4.79 Å². The van der Waals surface area contributed by atoms with Crippen molar-refractivity contribution in [1.82, 2.24) is 10.2 Å². The third-order valence-electron chi connectivity index (χ3n) is 7.25.